The lowest BCUT2D eigenvalue weighted by Gasteiger charge is -2.10. The highest BCUT2D eigenvalue weighted by atomic mass is 19.4. The molecule has 1 heterocycles. The Morgan fingerprint density at radius 3 is 2.79 bits per heavy atom. The van der Waals surface area contributed by atoms with E-state index >= 15 is 0 Å². The van der Waals surface area contributed by atoms with Crippen molar-refractivity contribution in [1.29, 1.82) is 0 Å². The molecule has 0 aliphatic carbocycles. The van der Waals surface area contributed by atoms with E-state index < -0.39 is 11.7 Å². The van der Waals surface area contributed by atoms with Gasteiger partial charge in [0.25, 0.3) is 0 Å². The Balaban J connectivity index is 2.08. The molecule has 0 fully saturated rings. The summed E-state index contributed by atoms with van der Waals surface area (Å²) < 4.78 is 39.3. The van der Waals surface area contributed by atoms with Crippen LogP contribution in [0.2, 0.25) is 0 Å². The van der Waals surface area contributed by atoms with Crippen molar-refractivity contribution >= 4 is 5.69 Å². The zero-order chi connectivity index (χ0) is 13.9. The van der Waals surface area contributed by atoms with Crippen LogP contribution in [0.3, 0.4) is 0 Å². The summed E-state index contributed by atoms with van der Waals surface area (Å²) in [6.07, 6.45) is -2.91. The van der Waals surface area contributed by atoms with Gasteiger partial charge in [-0.15, -0.1) is 0 Å². The van der Waals surface area contributed by atoms with Crippen molar-refractivity contribution in [2.45, 2.75) is 26.2 Å². The van der Waals surface area contributed by atoms with E-state index in [0.29, 0.717) is 24.6 Å². The zero-order valence-electron chi connectivity index (χ0n) is 10.3. The Morgan fingerprint density at radius 2 is 2.11 bits per heavy atom. The summed E-state index contributed by atoms with van der Waals surface area (Å²) >= 11 is 0. The first kappa shape index (κ1) is 13.4. The van der Waals surface area contributed by atoms with Gasteiger partial charge in [-0.2, -0.15) is 18.3 Å². The van der Waals surface area contributed by atoms with E-state index in [1.807, 2.05) is 6.92 Å². The lowest BCUT2D eigenvalue weighted by molar-refractivity contribution is -0.137. The molecule has 0 radical (unpaired) electrons. The number of rotatable bonds is 4. The molecule has 0 spiro atoms. The average molecular weight is 270 g/mol. The lowest BCUT2D eigenvalue weighted by atomic mass is 10.2. The van der Waals surface area contributed by atoms with Crippen molar-refractivity contribution in [1.82, 2.24) is 14.8 Å². The number of nitrogens with zero attached hydrogens (tertiary/aromatic N) is 3. The maximum absolute atomic E-state index is 12.5. The topological polar surface area (TPSA) is 42.7 Å². The van der Waals surface area contributed by atoms with Crippen LogP contribution in [0.4, 0.5) is 18.9 Å². The summed E-state index contributed by atoms with van der Waals surface area (Å²) in [6, 6.07) is 5.07. The molecule has 1 aromatic carbocycles. The van der Waals surface area contributed by atoms with Crippen LogP contribution in [0.1, 0.15) is 18.3 Å². The first-order valence-corrected chi connectivity index (χ1v) is 5.78. The third-order valence-electron chi connectivity index (χ3n) is 2.64. The van der Waals surface area contributed by atoms with E-state index in [1.165, 1.54) is 12.4 Å². The van der Waals surface area contributed by atoms with Crippen LogP contribution in [0.15, 0.2) is 30.6 Å². The van der Waals surface area contributed by atoms with Gasteiger partial charge in [-0.25, -0.2) is 9.67 Å². The molecule has 2 aromatic rings. The highest BCUT2D eigenvalue weighted by Gasteiger charge is 2.30. The van der Waals surface area contributed by atoms with Gasteiger partial charge in [0.1, 0.15) is 12.2 Å². The predicted molar refractivity (Wildman–Crippen MR) is 64.5 cm³/mol. The third-order valence-corrected chi connectivity index (χ3v) is 2.64. The molecule has 0 saturated heterocycles. The molecule has 0 amide bonds. The fourth-order valence-corrected chi connectivity index (χ4v) is 1.68. The fraction of sp³-hybridized carbons (Fsp3) is 0.333. The highest BCUT2D eigenvalue weighted by Crippen LogP contribution is 2.30. The van der Waals surface area contributed by atoms with Gasteiger partial charge in [-0.05, 0) is 25.1 Å². The Labute approximate surface area is 108 Å². The number of benzene rings is 1. The van der Waals surface area contributed by atoms with Crippen LogP contribution < -0.4 is 5.32 Å². The standard InChI is InChI=1S/C12H13F3N4/c1-2-19-11(17-8-18-19)7-16-10-5-3-4-9(6-10)12(13,14)15/h3-6,8,16H,2,7H2,1H3. The van der Waals surface area contributed by atoms with Gasteiger partial charge in [0.15, 0.2) is 0 Å². The SMILES string of the molecule is CCn1ncnc1CNc1cccc(C(F)(F)F)c1. The Morgan fingerprint density at radius 1 is 1.32 bits per heavy atom. The monoisotopic (exact) mass is 270 g/mol. The molecule has 0 unspecified atom stereocenters. The van der Waals surface area contributed by atoms with Gasteiger partial charge in [0, 0.05) is 12.2 Å². The second-order valence-electron chi connectivity index (χ2n) is 3.92. The number of aryl methyl sites for hydroxylation is 1. The van der Waals surface area contributed by atoms with Gasteiger partial charge in [-0.1, -0.05) is 6.07 Å². The van der Waals surface area contributed by atoms with Crippen molar-refractivity contribution in [2.75, 3.05) is 5.32 Å². The minimum atomic E-state index is -4.33. The van der Waals surface area contributed by atoms with E-state index in [9.17, 15) is 13.2 Å². The van der Waals surface area contributed by atoms with E-state index in [0.717, 1.165) is 12.1 Å². The molecule has 1 aromatic heterocycles. The quantitative estimate of drug-likeness (QED) is 0.928. The molecule has 102 valence electrons. The van der Waals surface area contributed by atoms with E-state index in [2.05, 4.69) is 15.4 Å². The Kier molecular flexibility index (Phi) is 3.73. The fourth-order valence-electron chi connectivity index (χ4n) is 1.68. The molecule has 7 heteroatoms. The van der Waals surface area contributed by atoms with E-state index in [-0.39, 0.29) is 0 Å². The van der Waals surface area contributed by atoms with Crippen molar-refractivity contribution < 1.29 is 13.2 Å². The third kappa shape index (κ3) is 3.24. The number of alkyl halides is 3. The molecule has 19 heavy (non-hydrogen) atoms. The number of anilines is 1. The largest absolute Gasteiger partial charge is 0.416 e. The van der Waals surface area contributed by atoms with Crippen LogP contribution in [-0.2, 0) is 19.3 Å². The van der Waals surface area contributed by atoms with E-state index in [4.69, 9.17) is 0 Å². The second-order valence-corrected chi connectivity index (χ2v) is 3.92. The molecule has 4 nitrogen and oxygen atoms in total. The van der Waals surface area contributed by atoms with Crippen LogP contribution >= 0.6 is 0 Å². The minimum Gasteiger partial charge on any atom is -0.378 e. The molecule has 1 N–H and O–H groups in total. The summed E-state index contributed by atoms with van der Waals surface area (Å²) in [4.78, 5) is 4.04. The average Bonchev–Trinajstić information content (AvgIpc) is 2.83. The van der Waals surface area contributed by atoms with Gasteiger partial charge < -0.3 is 5.32 Å². The molecular weight excluding hydrogens is 257 g/mol. The van der Waals surface area contributed by atoms with Crippen LogP contribution in [0, 0.1) is 0 Å². The molecular formula is C12H13F3N4. The number of hydrogen-bond donors (Lipinski definition) is 1. The molecule has 0 bridgehead atoms. The summed E-state index contributed by atoms with van der Waals surface area (Å²) in [5, 5.41) is 6.90. The van der Waals surface area contributed by atoms with Gasteiger partial charge >= 0.3 is 6.18 Å². The van der Waals surface area contributed by atoms with Crippen LogP contribution in [0.25, 0.3) is 0 Å². The smallest absolute Gasteiger partial charge is 0.378 e. The summed E-state index contributed by atoms with van der Waals surface area (Å²) in [6.45, 7) is 2.91. The van der Waals surface area contributed by atoms with Gasteiger partial charge in [0.2, 0.25) is 0 Å². The van der Waals surface area contributed by atoms with Gasteiger partial charge in [-0.3, -0.25) is 0 Å². The summed E-state index contributed by atoms with van der Waals surface area (Å²) in [7, 11) is 0. The normalized spacial score (nSPS) is 11.6. The maximum Gasteiger partial charge on any atom is 0.416 e. The Bertz CT molecular complexity index is 548. The second kappa shape index (κ2) is 5.29. The first-order chi connectivity index (χ1) is 9.00. The number of aromatic nitrogens is 3. The first-order valence-electron chi connectivity index (χ1n) is 5.78. The Hall–Kier alpha value is -2.05. The molecule has 0 aliphatic heterocycles. The van der Waals surface area contributed by atoms with Crippen LogP contribution in [-0.4, -0.2) is 14.8 Å². The van der Waals surface area contributed by atoms with Crippen molar-refractivity contribution in [3.05, 3.63) is 42.0 Å². The van der Waals surface area contributed by atoms with Crippen LogP contribution in [0.5, 0.6) is 0 Å². The zero-order valence-corrected chi connectivity index (χ0v) is 10.3. The number of hydrogen-bond acceptors (Lipinski definition) is 3. The molecule has 0 aliphatic rings. The maximum atomic E-state index is 12.5. The molecule has 0 saturated carbocycles. The molecule has 0 atom stereocenters. The minimum absolute atomic E-state index is 0.329. The van der Waals surface area contributed by atoms with Crippen molar-refractivity contribution in [3.8, 4) is 0 Å². The predicted octanol–water partition coefficient (Wildman–Crippen LogP) is 2.93. The lowest BCUT2D eigenvalue weighted by Crippen LogP contribution is -2.10. The molecule has 2 rings (SSSR count). The number of nitrogens with one attached hydrogen (secondary N) is 1. The summed E-state index contributed by atoms with van der Waals surface area (Å²) in [5.41, 5.74) is -0.269. The number of halogens is 3. The van der Waals surface area contributed by atoms with E-state index in [1.54, 1.807) is 10.7 Å². The van der Waals surface area contributed by atoms with Crippen molar-refractivity contribution in [2.24, 2.45) is 0 Å². The summed E-state index contributed by atoms with van der Waals surface area (Å²) in [5.74, 6) is 0.680. The van der Waals surface area contributed by atoms with Gasteiger partial charge in [0.05, 0.1) is 12.1 Å². The van der Waals surface area contributed by atoms with Crippen molar-refractivity contribution in [3.63, 3.8) is 0 Å². The highest BCUT2D eigenvalue weighted by molar-refractivity contribution is 5.46.